The van der Waals surface area contributed by atoms with E-state index in [1.54, 1.807) is 0 Å². The van der Waals surface area contributed by atoms with E-state index in [4.69, 9.17) is 15.2 Å². The Kier molecular flexibility index (Phi) is 4.85. The summed E-state index contributed by atoms with van der Waals surface area (Å²) in [7, 11) is 0. The summed E-state index contributed by atoms with van der Waals surface area (Å²) in [5, 5.41) is 0. The average Bonchev–Trinajstić information content (AvgIpc) is 2.80. The van der Waals surface area contributed by atoms with Gasteiger partial charge in [-0.15, -0.1) is 0 Å². The van der Waals surface area contributed by atoms with E-state index in [0.29, 0.717) is 19.1 Å². The van der Waals surface area contributed by atoms with E-state index in [1.807, 2.05) is 12.1 Å². The third kappa shape index (κ3) is 3.44. The first-order valence-electron chi connectivity index (χ1n) is 5.59. The molecule has 1 aromatic carbocycles. The van der Waals surface area contributed by atoms with E-state index < -0.39 is 0 Å². The Morgan fingerprint density at radius 1 is 1.35 bits per heavy atom. The summed E-state index contributed by atoms with van der Waals surface area (Å²) in [5.74, 6) is 1.34. The van der Waals surface area contributed by atoms with Gasteiger partial charge in [0.1, 0.15) is 5.75 Å². The maximum atomic E-state index is 5.84. The summed E-state index contributed by atoms with van der Waals surface area (Å²) in [4.78, 5) is 0. The molecule has 1 aliphatic rings. The molecular formula is C12H15Br2NO2. The Balaban J connectivity index is 2.04. The SMILES string of the molecule is NCc1cc(Br)c(OCC2CCOC2)c(Br)c1. The molecule has 3 nitrogen and oxygen atoms in total. The Bertz CT molecular complexity index is 369. The predicted octanol–water partition coefficient (Wildman–Crippen LogP) is 3.09. The monoisotopic (exact) mass is 363 g/mol. The van der Waals surface area contributed by atoms with Crippen LogP contribution in [0, 0.1) is 5.92 Å². The highest BCUT2D eigenvalue weighted by atomic mass is 79.9. The molecule has 0 aromatic heterocycles. The van der Waals surface area contributed by atoms with E-state index in [2.05, 4.69) is 31.9 Å². The first-order valence-corrected chi connectivity index (χ1v) is 7.18. The second-order valence-corrected chi connectivity index (χ2v) is 5.84. The zero-order chi connectivity index (χ0) is 12.3. The topological polar surface area (TPSA) is 44.5 Å². The molecule has 1 fully saturated rings. The molecule has 1 atom stereocenters. The van der Waals surface area contributed by atoms with Gasteiger partial charge in [0.05, 0.1) is 22.2 Å². The number of halogens is 2. The molecule has 1 aliphatic heterocycles. The fourth-order valence-corrected chi connectivity index (χ4v) is 3.29. The van der Waals surface area contributed by atoms with Crippen molar-refractivity contribution >= 4 is 31.9 Å². The lowest BCUT2D eigenvalue weighted by Crippen LogP contribution is -2.12. The van der Waals surface area contributed by atoms with Crippen LogP contribution < -0.4 is 10.5 Å². The maximum Gasteiger partial charge on any atom is 0.147 e. The Morgan fingerprint density at radius 2 is 2.06 bits per heavy atom. The molecule has 2 rings (SSSR count). The van der Waals surface area contributed by atoms with Crippen LogP contribution >= 0.6 is 31.9 Å². The van der Waals surface area contributed by atoms with Crippen LogP contribution in [0.4, 0.5) is 0 Å². The molecular weight excluding hydrogens is 350 g/mol. The number of nitrogens with two attached hydrogens (primary N) is 1. The van der Waals surface area contributed by atoms with Gasteiger partial charge in [0, 0.05) is 19.1 Å². The molecule has 0 radical (unpaired) electrons. The van der Waals surface area contributed by atoms with E-state index in [0.717, 1.165) is 39.9 Å². The van der Waals surface area contributed by atoms with E-state index >= 15 is 0 Å². The van der Waals surface area contributed by atoms with Crippen molar-refractivity contribution in [3.05, 3.63) is 26.6 Å². The molecule has 2 N–H and O–H groups in total. The zero-order valence-electron chi connectivity index (χ0n) is 9.42. The lowest BCUT2D eigenvalue weighted by Gasteiger charge is -2.14. The molecule has 1 aromatic rings. The molecule has 1 saturated heterocycles. The quantitative estimate of drug-likeness (QED) is 0.892. The molecule has 0 amide bonds. The highest BCUT2D eigenvalue weighted by molar-refractivity contribution is 9.11. The van der Waals surface area contributed by atoms with Crippen LogP contribution in [0.2, 0.25) is 0 Å². The van der Waals surface area contributed by atoms with Gasteiger partial charge in [-0.3, -0.25) is 0 Å². The van der Waals surface area contributed by atoms with E-state index in [-0.39, 0.29) is 0 Å². The molecule has 1 unspecified atom stereocenters. The number of hydrogen-bond donors (Lipinski definition) is 1. The van der Waals surface area contributed by atoms with Gasteiger partial charge < -0.3 is 15.2 Å². The fraction of sp³-hybridized carbons (Fsp3) is 0.500. The summed E-state index contributed by atoms with van der Waals surface area (Å²) in [5.41, 5.74) is 6.68. The van der Waals surface area contributed by atoms with Crippen molar-refractivity contribution < 1.29 is 9.47 Å². The van der Waals surface area contributed by atoms with Crippen molar-refractivity contribution in [3.63, 3.8) is 0 Å². The third-order valence-electron chi connectivity index (χ3n) is 2.78. The van der Waals surface area contributed by atoms with Crippen LogP contribution in [0.3, 0.4) is 0 Å². The van der Waals surface area contributed by atoms with Gasteiger partial charge in [0.2, 0.25) is 0 Å². The highest BCUT2D eigenvalue weighted by Crippen LogP contribution is 2.35. The number of rotatable bonds is 4. The molecule has 0 saturated carbocycles. The first-order chi connectivity index (χ1) is 8.20. The molecule has 0 aliphatic carbocycles. The van der Waals surface area contributed by atoms with Crippen molar-refractivity contribution in [3.8, 4) is 5.75 Å². The lowest BCUT2D eigenvalue weighted by molar-refractivity contribution is 0.166. The van der Waals surface area contributed by atoms with Gasteiger partial charge in [-0.2, -0.15) is 0 Å². The van der Waals surface area contributed by atoms with Crippen molar-refractivity contribution in [2.75, 3.05) is 19.8 Å². The van der Waals surface area contributed by atoms with Crippen molar-refractivity contribution in [2.24, 2.45) is 11.7 Å². The lowest BCUT2D eigenvalue weighted by atomic mass is 10.1. The molecule has 0 bridgehead atoms. The Labute approximate surface area is 118 Å². The largest absolute Gasteiger partial charge is 0.491 e. The van der Waals surface area contributed by atoms with Crippen LogP contribution in [0.1, 0.15) is 12.0 Å². The van der Waals surface area contributed by atoms with Gasteiger partial charge in [-0.05, 0) is 56.0 Å². The first kappa shape index (κ1) is 13.3. The number of ether oxygens (including phenoxy) is 2. The minimum Gasteiger partial charge on any atom is -0.491 e. The van der Waals surface area contributed by atoms with Crippen LogP contribution in [-0.2, 0) is 11.3 Å². The normalized spacial score (nSPS) is 19.6. The summed E-state index contributed by atoms with van der Waals surface area (Å²) in [6, 6.07) is 3.98. The minimum atomic E-state index is 0.503. The van der Waals surface area contributed by atoms with Crippen LogP contribution in [0.5, 0.6) is 5.75 Å². The van der Waals surface area contributed by atoms with Crippen molar-refractivity contribution in [1.29, 1.82) is 0 Å². The van der Waals surface area contributed by atoms with Gasteiger partial charge in [-0.1, -0.05) is 0 Å². The molecule has 5 heteroatoms. The number of hydrogen-bond acceptors (Lipinski definition) is 3. The second kappa shape index (κ2) is 6.18. The minimum absolute atomic E-state index is 0.503. The Hall–Kier alpha value is -0.100. The van der Waals surface area contributed by atoms with E-state index in [1.165, 1.54) is 0 Å². The Morgan fingerprint density at radius 3 is 2.59 bits per heavy atom. The van der Waals surface area contributed by atoms with Crippen molar-refractivity contribution in [1.82, 2.24) is 0 Å². The summed E-state index contributed by atoms with van der Waals surface area (Å²) < 4.78 is 13.0. The number of benzene rings is 1. The van der Waals surface area contributed by atoms with Gasteiger partial charge in [0.15, 0.2) is 0 Å². The predicted molar refractivity (Wildman–Crippen MR) is 74.2 cm³/mol. The van der Waals surface area contributed by atoms with Crippen LogP contribution in [0.25, 0.3) is 0 Å². The maximum absolute atomic E-state index is 5.84. The van der Waals surface area contributed by atoms with Crippen LogP contribution in [-0.4, -0.2) is 19.8 Å². The fourth-order valence-electron chi connectivity index (χ4n) is 1.78. The van der Waals surface area contributed by atoms with Gasteiger partial charge in [0.25, 0.3) is 0 Å². The summed E-state index contributed by atoms with van der Waals surface area (Å²) in [6.07, 6.45) is 1.08. The average molecular weight is 365 g/mol. The molecule has 17 heavy (non-hydrogen) atoms. The smallest absolute Gasteiger partial charge is 0.147 e. The summed E-state index contributed by atoms with van der Waals surface area (Å²) in [6.45, 7) is 2.87. The second-order valence-electron chi connectivity index (χ2n) is 4.13. The molecule has 1 heterocycles. The van der Waals surface area contributed by atoms with Crippen LogP contribution in [0.15, 0.2) is 21.1 Å². The van der Waals surface area contributed by atoms with Crippen molar-refractivity contribution in [2.45, 2.75) is 13.0 Å². The molecule has 0 spiro atoms. The highest BCUT2D eigenvalue weighted by Gasteiger charge is 2.17. The van der Waals surface area contributed by atoms with Gasteiger partial charge >= 0.3 is 0 Å². The van der Waals surface area contributed by atoms with E-state index in [9.17, 15) is 0 Å². The third-order valence-corrected chi connectivity index (χ3v) is 3.96. The van der Waals surface area contributed by atoms with Gasteiger partial charge in [-0.25, -0.2) is 0 Å². The molecule has 94 valence electrons. The summed E-state index contributed by atoms with van der Waals surface area (Å²) >= 11 is 7.01. The standard InChI is InChI=1S/C12H15Br2NO2/c13-10-3-9(5-15)4-11(14)12(10)17-7-8-1-2-16-6-8/h3-4,8H,1-2,5-7,15H2. The zero-order valence-corrected chi connectivity index (χ0v) is 12.6.